The standard InChI is InChI=1S/C25H22F3N3O7S/c1-31(17-11-12-19-21(14-17)37-15-36-19)23(32)18(13-16-7-3-2-4-8-16)29-24(33)30-39(34,35)22-10-6-5-9-20(22)38-25(26,27)28/h2-12,14,18H,13,15H2,1H3,(H2,29,30,33). The van der Waals surface area contributed by atoms with Crippen molar-refractivity contribution in [2.24, 2.45) is 0 Å². The number of nitrogens with zero attached hydrogens (tertiary/aromatic N) is 1. The van der Waals surface area contributed by atoms with E-state index in [4.69, 9.17) is 9.47 Å². The molecule has 0 aromatic heterocycles. The number of urea groups is 1. The lowest BCUT2D eigenvalue weighted by Gasteiger charge is -2.25. The van der Waals surface area contributed by atoms with Crippen LogP contribution in [0.1, 0.15) is 5.56 Å². The molecule has 1 unspecified atom stereocenters. The van der Waals surface area contributed by atoms with Crippen LogP contribution in [0.2, 0.25) is 0 Å². The number of rotatable bonds is 8. The van der Waals surface area contributed by atoms with Crippen LogP contribution in [0.15, 0.2) is 77.7 Å². The predicted molar refractivity (Wildman–Crippen MR) is 132 cm³/mol. The minimum Gasteiger partial charge on any atom is -0.454 e. The molecule has 206 valence electrons. The number of sulfonamides is 1. The Morgan fingerprint density at radius 1 is 1.00 bits per heavy atom. The van der Waals surface area contributed by atoms with Crippen LogP contribution in [0.4, 0.5) is 23.7 Å². The first-order chi connectivity index (χ1) is 18.4. The van der Waals surface area contributed by atoms with Crippen molar-refractivity contribution in [2.45, 2.75) is 23.7 Å². The van der Waals surface area contributed by atoms with Gasteiger partial charge in [0.2, 0.25) is 12.7 Å². The van der Waals surface area contributed by atoms with Crippen LogP contribution in [0.3, 0.4) is 0 Å². The number of amides is 3. The van der Waals surface area contributed by atoms with E-state index in [1.807, 2.05) is 0 Å². The van der Waals surface area contributed by atoms with E-state index in [9.17, 15) is 31.2 Å². The van der Waals surface area contributed by atoms with E-state index >= 15 is 0 Å². The topological polar surface area (TPSA) is 123 Å². The highest BCUT2D eigenvalue weighted by molar-refractivity contribution is 7.90. The smallest absolute Gasteiger partial charge is 0.454 e. The van der Waals surface area contributed by atoms with Crippen LogP contribution in [-0.4, -0.2) is 46.6 Å². The van der Waals surface area contributed by atoms with Crippen molar-refractivity contribution in [3.8, 4) is 17.2 Å². The molecular formula is C25H22F3N3O7S. The van der Waals surface area contributed by atoms with Crippen LogP contribution in [-0.2, 0) is 21.2 Å². The number of carbonyl (C=O) groups is 2. The average Bonchev–Trinajstić information content (AvgIpc) is 3.35. The van der Waals surface area contributed by atoms with Gasteiger partial charge >= 0.3 is 12.4 Å². The number of benzene rings is 3. The van der Waals surface area contributed by atoms with Crippen molar-refractivity contribution in [3.05, 3.63) is 78.4 Å². The van der Waals surface area contributed by atoms with Crippen LogP contribution < -0.4 is 29.1 Å². The summed E-state index contributed by atoms with van der Waals surface area (Å²) in [4.78, 5) is 26.6. The van der Waals surface area contributed by atoms with Gasteiger partial charge in [0.05, 0.1) is 0 Å². The second-order valence-corrected chi connectivity index (χ2v) is 9.90. The van der Waals surface area contributed by atoms with Gasteiger partial charge in [-0.15, -0.1) is 13.2 Å². The van der Waals surface area contributed by atoms with E-state index in [0.717, 1.165) is 24.3 Å². The number of ether oxygens (including phenoxy) is 3. The van der Waals surface area contributed by atoms with E-state index in [2.05, 4.69) is 10.1 Å². The second kappa shape index (κ2) is 11.1. The Bertz CT molecular complexity index is 1470. The molecule has 0 saturated heterocycles. The van der Waals surface area contributed by atoms with E-state index in [1.165, 1.54) is 11.9 Å². The first kappa shape index (κ1) is 27.6. The molecule has 0 spiro atoms. The fourth-order valence-electron chi connectivity index (χ4n) is 3.75. The van der Waals surface area contributed by atoms with Crippen LogP contribution in [0.5, 0.6) is 17.2 Å². The summed E-state index contributed by atoms with van der Waals surface area (Å²) >= 11 is 0. The van der Waals surface area contributed by atoms with Gasteiger partial charge in [0.15, 0.2) is 11.5 Å². The Labute approximate surface area is 221 Å². The maximum atomic E-state index is 13.4. The zero-order valence-corrected chi connectivity index (χ0v) is 21.1. The summed E-state index contributed by atoms with van der Waals surface area (Å²) < 4.78 is 79.9. The molecule has 1 aliphatic heterocycles. The quantitative estimate of drug-likeness (QED) is 0.428. The van der Waals surface area contributed by atoms with Gasteiger partial charge in [0.1, 0.15) is 16.7 Å². The Kier molecular flexibility index (Phi) is 7.85. The lowest BCUT2D eigenvalue weighted by Crippen LogP contribution is -2.52. The van der Waals surface area contributed by atoms with E-state index < -0.39 is 45.0 Å². The van der Waals surface area contributed by atoms with Crippen molar-refractivity contribution in [2.75, 3.05) is 18.7 Å². The molecule has 1 heterocycles. The van der Waals surface area contributed by atoms with Gasteiger partial charge in [0, 0.05) is 25.2 Å². The highest BCUT2D eigenvalue weighted by Gasteiger charge is 2.35. The van der Waals surface area contributed by atoms with E-state index in [1.54, 1.807) is 53.3 Å². The molecule has 0 aliphatic carbocycles. The number of anilines is 1. The molecule has 0 bridgehead atoms. The van der Waals surface area contributed by atoms with E-state index in [0.29, 0.717) is 22.7 Å². The molecule has 10 nitrogen and oxygen atoms in total. The fourth-order valence-corrected chi connectivity index (χ4v) is 4.80. The molecule has 1 atom stereocenters. The summed E-state index contributed by atoms with van der Waals surface area (Å²) in [7, 11) is -3.37. The summed E-state index contributed by atoms with van der Waals surface area (Å²) in [5.74, 6) is -0.711. The minimum atomic E-state index is -5.17. The third-order valence-corrected chi connectivity index (χ3v) is 6.92. The molecule has 2 N–H and O–H groups in total. The summed E-state index contributed by atoms with van der Waals surface area (Å²) in [5.41, 5.74) is 1.07. The summed E-state index contributed by atoms with van der Waals surface area (Å²) in [6.45, 7) is 0.0282. The number of alkyl halides is 3. The van der Waals surface area contributed by atoms with Crippen molar-refractivity contribution >= 4 is 27.6 Å². The molecule has 14 heteroatoms. The van der Waals surface area contributed by atoms with E-state index in [-0.39, 0.29) is 13.2 Å². The van der Waals surface area contributed by atoms with Gasteiger partial charge in [-0.2, -0.15) is 0 Å². The van der Waals surface area contributed by atoms with Crippen molar-refractivity contribution in [3.63, 3.8) is 0 Å². The molecule has 0 radical (unpaired) electrons. The normalized spacial score (nSPS) is 13.3. The minimum absolute atomic E-state index is 0.0181. The van der Waals surface area contributed by atoms with Crippen molar-refractivity contribution in [1.29, 1.82) is 0 Å². The number of para-hydroxylation sites is 1. The molecule has 3 aromatic rings. The lowest BCUT2D eigenvalue weighted by atomic mass is 10.0. The molecule has 4 rings (SSSR count). The molecule has 1 aliphatic rings. The number of likely N-dealkylation sites (N-methyl/N-ethyl adjacent to an activating group) is 1. The Morgan fingerprint density at radius 3 is 2.38 bits per heavy atom. The average molecular weight is 566 g/mol. The Morgan fingerprint density at radius 2 is 1.67 bits per heavy atom. The highest BCUT2D eigenvalue weighted by atomic mass is 32.2. The zero-order valence-electron chi connectivity index (χ0n) is 20.3. The molecule has 0 saturated carbocycles. The first-order valence-corrected chi connectivity index (χ1v) is 12.8. The maximum absolute atomic E-state index is 13.4. The maximum Gasteiger partial charge on any atom is 0.573 e. The van der Waals surface area contributed by atoms with Crippen LogP contribution >= 0.6 is 0 Å². The number of fused-ring (bicyclic) bond motifs is 1. The highest BCUT2D eigenvalue weighted by Crippen LogP contribution is 2.35. The van der Waals surface area contributed by atoms with Gasteiger partial charge in [-0.05, 0) is 29.8 Å². The lowest BCUT2D eigenvalue weighted by molar-refractivity contribution is -0.275. The number of nitrogens with one attached hydrogen (secondary N) is 2. The number of carbonyl (C=O) groups excluding carboxylic acids is 2. The van der Waals surface area contributed by atoms with Crippen molar-refractivity contribution in [1.82, 2.24) is 10.0 Å². The molecule has 3 amide bonds. The molecular weight excluding hydrogens is 543 g/mol. The summed E-state index contributed by atoms with van der Waals surface area (Å²) in [6.07, 6.45) is -5.18. The van der Waals surface area contributed by atoms with Gasteiger partial charge in [-0.1, -0.05) is 42.5 Å². The summed E-state index contributed by atoms with van der Waals surface area (Å²) in [5, 5.41) is 2.32. The molecule has 3 aromatic carbocycles. The third kappa shape index (κ3) is 6.90. The van der Waals surface area contributed by atoms with Gasteiger partial charge in [0.25, 0.3) is 10.0 Å². The second-order valence-electron chi connectivity index (χ2n) is 8.25. The fraction of sp³-hybridized carbons (Fsp3) is 0.200. The molecule has 0 fully saturated rings. The van der Waals surface area contributed by atoms with Gasteiger partial charge in [-0.25, -0.2) is 17.9 Å². The number of hydrogen-bond acceptors (Lipinski definition) is 7. The van der Waals surface area contributed by atoms with Gasteiger partial charge < -0.3 is 24.4 Å². The predicted octanol–water partition coefficient (Wildman–Crippen LogP) is 3.58. The Hall–Kier alpha value is -4.46. The monoisotopic (exact) mass is 565 g/mol. The van der Waals surface area contributed by atoms with Crippen molar-refractivity contribution < 1.29 is 45.4 Å². The van der Waals surface area contributed by atoms with Crippen LogP contribution in [0.25, 0.3) is 0 Å². The molecule has 39 heavy (non-hydrogen) atoms. The van der Waals surface area contributed by atoms with Gasteiger partial charge in [-0.3, -0.25) is 4.79 Å². The number of hydrogen-bond donors (Lipinski definition) is 2. The SMILES string of the molecule is CN(C(=O)C(Cc1ccccc1)NC(=O)NS(=O)(=O)c1ccccc1OC(F)(F)F)c1ccc2c(c1)OCO2. The Balaban J connectivity index is 1.55. The third-order valence-electron chi connectivity index (χ3n) is 5.55. The summed E-state index contributed by atoms with van der Waals surface area (Å²) in [6, 6.07) is 14.8. The van der Waals surface area contributed by atoms with Crippen LogP contribution in [0, 0.1) is 0 Å². The largest absolute Gasteiger partial charge is 0.573 e. The zero-order chi connectivity index (χ0) is 28.2. The number of halogens is 3. The first-order valence-electron chi connectivity index (χ1n) is 11.3.